The van der Waals surface area contributed by atoms with Gasteiger partial charge in [-0.05, 0) is 76.0 Å². The predicted molar refractivity (Wildman–Crippen MR) is 179 cm³/mol. The van der Waals surface area contributed by atoms with Crippen molar-refractivity contribution in [3.63, 3.8) is 0 Å². The Balaban J connectivity index is 1.51. The van der Waals surface area contributed by atoms with E-state index in [4.69, 9.17) is 14.5 Å². The second kappa shape index (κ2) is 14.8. The molecule has 12 nitrogen and oxygen atoms in total. The van der Waals surface area contributed by atoms with E-state index in [1.165, 1.54) is 5.01 Å². The van der Waals surface area contributed by atoms with Crippen LogP contribution < -0.4 is 16.1 Å². The number of aromatic nitrogens is 1. The maximum Gasteiger partial charge on any atom is 0.316 e. The summed E-state index contributed by atoms with van der Waals surface area (Å²) in [6.07, 6.45) is 5.31. The van der Waals surface area contributed by atoms with E-state index < -0.39 is 47.4 Å². The number of cyclic esters (lactones) is 1. The molecular formula is C36H47N5O7. The fraction of sp³-hybridized carbons (Fsp3) is 0.556. The van der Waals surface area contributed by atoms with Crippen LogP contribution in [0.5, 0.6) is 0 Å². The molecule has 1 saturated heterocycles. The first-order valence-corrected chi connectivity index (χ1v) is 17.1. The molecule has 4 atom stereocenters. The first-order chi connectivity index (χ1) is 22.9. The molecular weight excluding hydrogens is 614 g/mol. The van der Waals surface area contributed by atoms with Gasteiger partial charge in [0.05, 0.1) is 22.7 Å². The number of pyridine rings is 1. The molecule has 48 heavy (non-hydrogen) atoms. The van der Waals surface area contributed by atoms with Crippen LogP contribution in [-0.4, -0.2) is 70.5 Å². The van der Waals surface area contributed by atoms with Gasteiger partial charge < -0.3 is 20.1 Å². The average Bonchev–Trinajstić information content (AvgIpc) is 3.08. The van der Waals surface area contributed by atoms with Crippen LogP contribution in [0.1, 0.15) is 96.9 Å². The van der Waals surface area contributed by atoms with Crippen LogP contribution >= 0.6 is 0 Å². The number of esters is 2. The smallest absolute Gasteiger partial charge is 0.316 e. The van der Waals surface area contributed by atoms with Gasteiger partial charge in [-0.1, -0.05) is 51.1 Å². The van der Waals surface area contributed by atoms with Gasteiger partial charge in [-0.25, -0.2) is 5.43 Å². The van der Waals surface area contributed by atoms with E-state index in [-0.39, 0.29) is 30.3 Å². The van der Waals surface area contributed by atoms with Crippen LogP contribution in [0.25, 0.3) is 17.0 Å². The van der Waals surface area contributed by atoms with Gasteiger partial charge in [0.2, 0.25) is 5.91 Å². The van der Waals surface area contributed by atoms with Crippen LogP contribution in [0.2, 0.25) is 0 Å². The van der Waals surface area contributed by atoms with Gasteiger partial charge in [-0.3, -0.25) is 34.0 Å². The number of nitrogens with zero attached hydrogens (tertiary/aromatic N) is 2. The molecule has 2 aliphatic heterocycles. The lowest BCUT2D eigenvalue weighted by Gasteiger charge is -2.37. The van der Waals surface area contributed by atoms with Gasteiger partial charge in [0, 0.05) is 18.4 Å². The second-order valence-corrected chi connectivity index (χ2v) is 13.6. The Labute approximate surface area is 281 Å². The molecule has 3 heterocycles. The number of benzene rings is 1. The van der Waals surface area contributed by atoms with E-state index in [1.807, 2.05) is 49.4 Å². The lowest BCUT2D eigenvalue weighted by molar-refractivity contribution is -0.170. The molecule has 1 aromatic heterocycles. The topological polar surface area (TPSA) is 156 Å². The minimum absolute atomic E-state index is 0.252. The molecule has 1 aromatic carbocycles. The second-order valence-electron chi connectivity index (χ2n) is 13.6. The quantitative estimate of drug-likeness (QED) is 0.416. The Kier molecular flexibility index (Phi) is 10.8. The van der Waals surface area contributed by atoms with Gasteiger partial charge in [0.1, 0.15) is 18.2 Å². The van der Waals surface area contributed by atoms with Crippen LogP contribution in [0.4, 0.5) is 0 Å². The van der Waals surface area contributed by atoms with E-state index >= 15 is 0 Å². The SMILES string of the molecule is CCC(=O)OC1CCC2(/C=C/c3ccc4ccc(nc4c3)[C@@H](C)NC(=O)[C@@H]3CCCN(N3)C(=O)[C@H](C)NC(=O)C(C(C)C)OC2=O)CC1. The van der Waals surface area contributed by atoms with Crippen molar-refractivity contribution in [2.24, 2.45) is 11.3 Å². The fourth-order valence-electron chi connectivity index (χ4n) is 6.52. The monoisotopic (exact) mass is 661 g/mol. The summed E-state index contributed by atoms with van der Waals surface area (Å²) in [7, 11) is 0. The summed E-state index contributed by atoms with van der Waals surface area (Å²) in [5.74, 6) is -2.45. The van der Waals surface area contributed by atoms with Crippen LogP contribution in [0, 0.1) is 11.3 Å². The summed E-state index contributed by atoms with van der Waals surface area (Å²) in [4.78, 5) is 71.2. The van der Waals surface area contributed by atoms with E-state index in [0.717, 1.165) is 16.5 Å². The number of amides is 3. The van der Waals surface area contributed by atoms with Crippen molar-refractivity contribution in [1.82, 2.24) is 26.1 Å². The van der Waals surface area contributed by atoms with Crippen molar-refractivity contribution < 1.29 is 33.4 Å². The van der Waals surface area contributed by atoms with E-state index in [1.54, 1.807) is 27.7 Å². The predicted octanol–water partition coefficient (Wildman–Crippen LogP) is 3.89. The first-order valence-electron chi connectivity index (χ1n) is 17.1. The number of rotatable bonds is 3. The Morgan fingerprint density at radius 3 is 2.44 bits per heavy atom. The van der Waals surface area contributed by atoms with Crippen molar-refractivity contribution in [3.8, 4) is 0 Å². The third-order valence-electron chi connectivity index (χ3n) is 9.55. The Hall–Kier alpha value is -4.32. The molecule has 1 saturated carbocycles. The molecule has 1 aliphatic carbocycles. The molecule has 12 heteroatoms. The summed E-state index contributed by atoms with van der Waals surface area (Å²) in [5.41, 5.74) is 4.19. The van der Waals surface area contributed by atoms with Crippen molar-refractivity contribution >= 4 is 46.6 Å². The summed E-state index contributed by atoms with van der Waals surface area (Å²) >= 11 is 0. The molecule has 258 valence electrons. The van der Waals surface area contributed by atoms with E-state index in [9.17, 15) is 24.0 Å². The molecule has 0 radical (unpaired) electrons. The molecule has 1 unspecified atom stereocenters. The molecule has 3 amide bonds. The summed E-state index contributed by atoms with van der Waals surface area (Å²) in [6.45, 7) is 9.11. The molecule has 3 aliphatic rings. The summed E-state index contributed by atoms with van der Waals surface area (Å²) in [5, 5.41) is 8.06. The highest BCUT2D eigenvalue weighted by molar-refractivity contribution is 5.92. The van der Waals surface area contributed by atoms with Gasteiger partial charge in [-0.2, -0.15) is 0 Å². The number of ether oxygens (including phenoxy) is 2. The number of nitrogens with one attached hydrogen (secondary N) is 3. The zero-order valence-electron chi connectivity index (χ0n) is 28.4. The average molecular weight is 662 g/mol. The maximum atomic E-state index is 14.1. The lowest BCUT2D eigenvalue weighted by atomic mass is 9.72. The van der Waals surface area contributed by atoms with Crippen LogP contribution in [0.3, 0.4) is 0 Å². The van der Waals surface area contributed by atoms with Crippen molar-refractivity contribution in [3.05, 3.63) is 47.7 Å². The molecule has 5 rings (SSSR count). The fourth-order valence-corrected chi connectivity index (χ4v) is 6.52. The van der Waals surface area contributed by atoms with Crippen molar-refractivity contribution in [2.45, 2.75) is 110 Å². The van der Waals surface area contributed by atoms with Gasteiger partial charge >= 0.3 is 11.9 Å². The largest absolute Gasteiger partial charge is 0.462 e. The maximum absolute atomic E-state index is 14.1. The summed E-state index contributed by atoms with van der Waals surface area (Å²) < 4.78 is 11.6. The molecule has 5 bridgehead atoms. The molecule has 1 spiro atoms. The van der Waals surface area contributed by atoms with Crippen molar-refractivity contribution in [1.29, 1.82) is 0 Å². The molecule has 2 aromatic rings. The number of carbonyl (C=O) groups is 5. The highest BCUT2D eigenvalue weighted by Gasteiger charge is 2.44. The van der Waals surface area contributed by atoms with Crippen LogP contribution in [0.15, 0.2) is 36.4 Å². The number of hydrogen-bond acceptors (Lipinski definition) is 9. The van der Waals surface area contributed by atoms with Gasteiger partial charge in [-0.15, -0.1) is 0 Å². The van der Waals surface area contributed by atoms with E-state index in [0.29, 0.717) is 50.8 Å². The number of fused-ring (bicyclic) bond motifs is 4. The van der Waals surface area contributed by atoms with Crippen molar-refractivity contribution in [2.75, 3.05) is 6.54 Å². The number of carbonyl (C=O) groups excluding carboxylic acids is 5. The lowest BCUT2D eigenvalue weighted by Crippen LogP contribution is -2.61. The zero-order chi connectivity index (χ0) is 34.6. The Morgan fingerprint density at radius 1 is 1.02 bits per heavy atom. The standard InChI is InChI=1S/C36H47N5O7/c1-6-30(42)47-26-14-17-36(18-15-26)16-13-24-9-10-25-11-12-27(39-29(25)20-24)22(4)37-32(43)28-8-7-19-41(40-28)34(45)23(5)38-33(44)31(21(2)3)48-35(36)46/h9-13,16,20-23,26,28,31,40H,6-8,14-15,17-19H2,1-5H3,(H,37,43)(H,38,44)/b16-13+/t22-,23+,26?,28+,31?,36?/m1/s1. The van der Waals surface area contributed by atoms with E-state index in [2.05, 4.69) is 16.1 Å². The minimum atomic E-state index is -1.15. The molecule has 3 N–H and O–H groups in total. The highest BCUT2D eigenvalue weighted by atomic mass is 16.6. The Morgan fingerprint density at radius 2 is 1.73 bits per heavy atom. The molecule has 2 fully saturated rings. The minimum Gasteiger partial charge on any atom is -0.462 e. The summed E-state index contributed by atoms with van der Waals surface area (Å²) in [6, 6.07) is 7.68. The first kappa shape index (κ1) is 35.0. The highest BCUT2D eigenvalue weighted by Crippen LogP contribution is 2.41. The third kappa shape index (κ3) is 7.86. The normalized spacial score (nSPS) is 29.7. The Bertz CT molecular complexity index is 1580. The van der Waals surface area contributed by atoms with Gasteiger partial charge in [0.25, 0.3) is 11.8 Å². The number of hydrogen-bond donors (Lipinski definition) is 3. The zero-order valence-corrected chi connectivity index (χ0v) is 28.4. The number of hydrazine groups is 1. The third-order valence-corrected chi connectivity index (χ3v) is 9.55. The van der Waals surface area contributed by atoms with Crippen LogP contribution in [-0.2, 0) is 33.4 Å². The van der Waals surface area contributed by atoms with Gasteiger partial charge in [0.15, 0.2) is 6.10 Å².